The molecule has 0 rings (SSSR count). The number of rotatable bonds is 18. The molecular formula is C20H43O6P. The highest BCUT2D eigenvalue weighted by Gasteiger charge is 2.00. The number of ether oxygens (including phenoxy) is 1. The molecule has 0 aromatic rings. The highest BCUT2D eigenvalue weighted by molar-refractivity contribution is 7.45. The van der Waals surface area contributed by atoms with Gasteiger partial charge in [-0.15, -0.1) is 0 Å². The van der Waals surface area contributed by atoms with E-state index in [-0.39, 0.29) is 6.61 Å². The van der Waals surface area contributed by atoms with Gasteiger partial charge in [0.05, 0.1) is 13.2 Å². The van der Waals surface area contributed by atoms with Gasteiger partial charge < -0.3 is 24.5 Å². The third kappa shape index (κ3) is 41.3. The smallest absolute Gasteiger partial charge is 0.394 e. The molecule has 0 aromatic heterocycles. The lowest BCUT2D eigenvalue weighted by Crippen LogP contribution is -2.00. The van der Waals surface area contributed by atoms with Crippen molar-refractivity contribution < 1.29 is 29.1 Å². The lowest BCUT2D eigenvalue weighted by atomic mass is 10.1. The summed E-state index contributed by atoms with van der Waals surface area (Å²) in [5.74, 6) is 0. The van der Waals surface area contributed by atoms with Crippen molar-refractivity contribution in [3.05, 3.63) is 12.2 Å². The zero-order valence-corrected chi connectivity index (χ0v) is 18.1. The van der Waals surface area contributed by atoms with Crippen LogP contribution in [0.5, 0.6) is 0 Å². The third-order valence-corrected chi connectivity index (χ3v) is 4.04. The molecule has 0 radical (unpaired) electrons. The van der Waals surface area contributed by atoms with E-state index in [1.807, 2.05) is 0 Å². The first-order chi connectivity index (χ1) is 12.9. The van der Waals surface area contributed by atoms with Crippen LogP contribution in [0.2, 0.25) is 0 Å². The van der Waals surface area contributed by atoms with Crippen molar-refractivity contribution in [2.75, 3.05) is 19.8 Å². The number of aliphatic hydroxyl groups is 1. The SMILES string of the molecule is CCCCCCCC/C=C\CCCCCCCCOCCO.O=P(O)(O)O. The van der Waals surface area contributed by atoms with E-state index in [9.17, 15) is 0 Å². The summed E-state index contributed by atoms with van der Waals surface area (Å²) < 4.78 is 14.1. The lowest BCUT2D eigenvalue weighted by molar-refractivity contribution is 0.0895. The third-order valence-electron chi connectivity index (χ3n) is 4.04. The number of unbranched alkanes of at least 4 members (excludes halogenated alkanes) is 12. The molecule has 0 aromatic carbocycles. The average Bonchev–Trinajstić information content (AvgIpc) is 2.59. The summed E-state index contributed by atoms with van der Waals surface area (Å²) in [4.78, 5) is 21.6. The molecule has 0 fully saturated rings. The molecule has 164 valence electrons. The van der Waals surface area contributed by atoms with E-state index in [1.54, 1.807) is 0 Å². The molecule has 0 bridgehead atoms. The Balaban J connectivity index is 0. The highest BCUT2D eigenvalue weighted by Crippen LogP contribution is 2.25. The topological polar surface area (TPSA) is 107 Å². The number of aliphatic hydroxyl groups excluding tert-OH is 1. The first kappa shape index (κ1) is 29.0. The first-order valence-corrected chi connectivity index (χ1v) is 12.1. The van der Waals surface area contributed by atoms with E-state index in [4.69, 9.17) is 29.1 Å². The zero-order chi connectivity index (χ0) is 20.6. The van der Waals surface area contributed by atoms with E-state index >= 15 is 0 Å². The van der Waals surface area contributed by atoms with Crippen LogP contribution < -0.4 is 0 Å². The van der Waals surface area contributed by atoms with Crippen LogP contribution in [-0.4, -0.2) is 39.6 Å². The largest absolute Gasteiger partial charge is 0.466 e. The van der Waals surface area contributed by atoms with Crippen molar-refractivity contribution in [2.24, 2.45) is 0 Å². The minimum atomic E-state index is -4.64. The van der Waals surface area contributed by atoms with Crippen LogP contribution in [0.15, 0.2) is 12.2 Å². The van der Waals surface area contributed by atoms with Gasteiger partial charge in [-0.25, -0.2) is 4.57 Å². The van der Waals surface area contributed by atoms with Gasteiger partial charge in [0.15, 0.2) is 0 Å². The van der Waals surface area contributed by atoms with Crippen molar-refractivity contribution in [1.82, 2.24) is 0 Å². The van der Waals surface area contributed by atoms with Crippen LogP contribution in [-0.2, 0) is 9.30 Å². The fraction of sp³-hybridized carbons (Fsp3) is 0.900. The van der Waals surface area contributed by atoms with Crippen molar-refractivity contribution in [3.63, 3.8) is 0 Å². The number of phosphoric acid groups is 1. The van der Waals surface area contributed by atoms with Gasteiger partial charge in [-0.1, -0.05) is 76.9 Å². The Morgan fingerprint density at radius 3 is 1.56 bits per heavy atom. The lowest BCUT2D eigenvalue weighted by Gasteiger charge is -2.02. The van der Waals surface area contributed by atoms with Crippen LogP contribution in [0.4, 0.5) is 0 Å². The Morgan fingerprint density at radius 2 is 1.11 bits per heavy atom. The quantitative estimate of drug-likeness (QED) is 0.142. The molecule has 0 heterocycles. The van der Waals surface area contributed by atoms with Gasteiger partial charge in [-0.2, -0.15) is 0 Å². The molecule has 0 spiro atoms. The molecule has 0 saturated heterocycles. The molecule has 4 N–H and O–H groups in total. The van der Waals surface area contributed by atoms with Gasteiger partial charge in [-0.05, 0) is 32.1 Å². The molecule has 27 heavy (non-hydrogen) atoms. The van der Waals surface area contributed by atoms with E-state index in [0.29, 0.717) is 6.61 Å². The molecule has 6 nitrogen and oxygen atoms in total. The number of allylic oxidation sites excluding steroid dienone is 2. The minimum absolute atomic E-state index is 0.145. The van der Waals surface area contributed by atoms with Gasteiger partial charge in [-0.3, -0.25) is 0 Å². The van der Waals surface area contributed by atoms with Crippen LogP contribution in [0.1, 0.15) is 96.8 Å². The van der Waals surface area contributed by atoms with Gasteiger partial charge in [0.25, 0.3) is 0 Å². The summed E-state index contributed by atoms with van der Waals surface area (Å²) in [7, 11) is -4.64. The predicted molar refractivity (Wildman–Crippen MR) is 112 cm³/mol. The minimum Gasteiger partial charge on any atom is -0.394 e. The summed E-state index contributed by atoms with van der Waals surface area (Å²) in [6.07, 6.45) is 23.5. The normalized spacial score (nSPS) is 11.6. The second kappa shape index (κ2) is 23.8. The van der Waals surface area contributed by atoms with Gasteiger partial charge in [0.2, 0.25) is 0 Å². The second-order valence-corrected chi connectivity index (χ2v) is 7.81. The van der Waals surface area contributed by atoms with Crippen molar-refractivity contribution in [2.45, 2.75) is 96.8 Å². The summed E-state index contributed by atoms with van der Waals surface area (Å²) >= 11 is 0. The van der Waals surface area contributed by atoms with Crippen molar-refractivity contribution in [1.29, 1.82) is 0 Å². The molecule has 0 unspecified atom stereocenters. The molecule has 0 atom stereocenters. The molecule has 0 aliphatic heterocycles. The molecule has 0 saturated carbocycles. The number of hydrogen-bond donors (Lipinski definition) is 4. The van der Waals surface area contributed by atoms with Gasteiger partial charge >= 0.3 is 7.82 Å². The van der Waals surface area contributed by atoms with Crippen LogP contribution >= 0.6 is 7.82 Å². The molecular weight excluding hydrogens is 367 g/mol. The summed E-state index contributed by atoms with van der Waals surface area (Å²) in [5.41, 5.74) is 0. The van der Waals surface area contributed by atoms with E-state index in [1.165, 1.54) is 83.5 Å². The molecule has 0 amide bonds. The van der Waals surface area contributed by atoms with Crippen LogP contribution in [0.3, 0.4) is 0 Å². The molecule has 0 aliphatic rings. The Kier molecular flexibility index (Phi) is 25.6. The monoisotopic (exact) mass is 410 g/mol. The van der Waals surface area contributed by atoms with Crippen LogP contribution in [0, 0.1) is 0 Å². The Hall–Kier alpha value is -0.230. The fourth-order valence-corrected chi connectivity index (χ4v) is 2.62. The Morgan fingerprint density at radius 1 is 0.704 bits per heavy atom. The maximum Gasteiger partial charge on any atom is 0.466 e. The first-order valence-electron chi connectivity index (χ1n) is 10.5. The predicted octanol–water partition coefficient (Wildman–Crippen LogP) is 5.10. The maximum atomic E-state index is 8.88. The van der Waals surface area contributed by atoms with Gasteiger partial charge in [0.1, 0.15) is 0 Å². The van der Waals surface area contributed by atoms with E-state index < -0.39 is 7.82 Å². The van der Waals surface area contributed by atoms with Crippen molar-refractivity contribution in [3.8, 4) is 0 Å². The Bertz CT molecular complexity index is 335. The molecule has 0 aliphatic carbocycles. The molecule has 7 heteroatoms. The van der Waals surface area contributed by atoms with Crippen molar-refractivity contribution >= 4 is 7.82 Å². The highest BCUT2D eigenvalue weighted by atomic mass is 31.2. The maximum absolute atomic E-state index is 8.88. The number of hydrogen-bond acceptors (Lipinski definition) is 3. The zero-order valence-electron chi connectivity index (χ0n) is 17.2. The van der Waals surface area contributed by atoms with E-state index in [0.717, 1.165) is 13.0 Å². The van der Waals surface area contributed by atoms with E-state index in [2.05, 4.69) is 19.1 Å². The van der Waals surface area contributed by atoms with Crippen LogP contribution in [0.25, 0.3) is 0 Å². The van der Waals surface area contributed by atoms with Gasteiger partial charge in [0, 0.05) is 6.61 Å². The summed E-state index contributed by atoms with van der Waals surface area (Å²) in [6, 6.07) is 0. The standard InChI is InChI=1S/C20H40O2.H3O4P/c1-2-3-4-5-6-7-8-9-10-11-12-13-14-15-16-17-19-22-20-18-21;1-5(2,3)4/h9-10,21H,2-8,11-20H2,1H3;(H3,1,2,3,4)/b10-9-;. The summed E-state index contributed by atoms with van der Waals surface area (Å²) in [6.45, 7) is 3.72. The Labute approximate surface area is 166 Å². The average molecular weight is 411 g/mol. The second-order valence-electron chi connectivity index (χ2n) is 6.79. The fourth-order valence-electron chi connectivity index (χ4n) is 2.62. The summed E-state index contributed by atoms with van der Waals surface area (Å²) in [5, 5.41) is 8.57.